The Morgan fingerprint density at radius 2 is 1.71 bits per heavy atom. The zero-order valence-electron chi connectivity index (χ0n) is 20.3. The van der Waals surface area contributed by atoms with Crippen molar-refractivity contribution in [2.45, 2.75) is 51.6 Å². The van der Waals surface area contributed by atoms with Gasteiger partial charge in [-0.15, -0.1) is 0 Å². The molecule has 1 aliphatic heterocycles. The largest absolute Gasteiger partial charge is 0.490 e. The van der Waals surface area contributed by atoms with E-state index in [9.17, 15) is 9.90 Å². The van der Waals surface area contributed by atoms with E-state index in [4.69, 9.17) is 18.9 Å². The molecule has 1 N–H and O–H groups in total. The van der Waals surface area contributed by atoms with Gasteiger partial charge >= 0.3 is 5.97 Å². The monoisotopic (exact) mass is 476 g/mol. The van der Waals surface area contributed by atoms with Gasteiger partial charge in [-0.25, -0.2) is 4.79 Å². The van der Waals surface area contributed by atoms with Gasteiger partial charge in [-0.2, -0.15) is 0 Å². The second-order valence-corrected chi connectivity index (χ2v) is 8.66. The lowest BCUT2D eigenvalue weighted by Gasteiger charge is -2.34. The summed E-state index contributed by atoms with van der Waals surface area (Å²) < 4.78 is 23.8. The van der Waals surface area contributed by atoms with Crippen molar-refractivity contribution in [3.05, 3.63) is 77.9 Å². The summed E-state index contributed by atoms with van der Waals surface area (Å²) in [6, 6.07) is 21.2. The standard InChI is InChI=1S/C29H32O6/c1-3-8-22-19-25(34-23-9-6-5-7-10-23)13-14-26(22)33-18-17-32-24-12-11-21-15-16-29(4-2,28(30)31)35-27(21)20-24/h5-7,9-14,19-20H,3-4,8,15-18H2,1-2H3,(H,30,31). The highest BCUT2D eigenvalue weighted by Crippen LogP contribution is 2.37. The predicted octanol–water partition coefficient (Wildman–Crippen LogP) is 6.45. The Labute approximate surface area is 206 Å². The number of fused-ring (bicyclic) bond motifs is 1. The first-order chi connectivity index (χ1) is 17.0. The molecule has 0 saturated carbocycles. The van der Waals surface area contributed by atoms with Crippen molar-refractivity contribution < 1.29 is 28.8 Å². The Balaban J connectivity index is 1.35. The molecule has 0 aromatic heterocycles. The smallest absolute Gasteiger partial charge is 0.348 e. The van der Waals surface area contributed by atoms with E-state index >= 15 is 0 Å². The van der Waals surface area contributed by atoms with Crippen LogP contribution in [0.5, 0.6) is 28.7 Å². The topological polar surface area (TPSA) is 74.2 Å². The normalized spacial score (nSPS) is 16.6. The lowest BCUT2D eigenvalue weighted by atomic mass is 9.89. The fourth-order valence-corrected chi connectivity index (χ4v) is 4.24. The molecule has 1 heterocycles. The third-order valence-electron chi connectivity index (χ3n) is 6.24. The second kappa shape index (κ2) is 11.2. The van der Waals surface area contributed by atoms with Gasteiger partial charge in [0.2, 0.25) is 5.60 Å². The van der Waals surface area contributed by atoms with Crippen LogP contribution in [-0.2, 0) is 17.6 Å². The van der Waals surface area contributed by atoms with Crippen molar-refractivity contribution in [1.82, 2.24) is 0 Å². The van der Waals surface area contributed by atoms with Crippen LogP contribution in [0.1, 0.15) is 44.2 Å². The Morgan fingerprint density at radius 3 is 2.46 bits per heavy atom. The Hall–Kier alpha value is -3.67. The molecule has 3 aromatic rings. The Morgan fingerprint density at radius 1 is 0.943 bits per heavy atom. The van der Waals surface area contributed by atoms with Crippen LogP contribution in [0.2, 0.25) is 0 Å². The van der Waals surface area contributed by atoms with Crippen molar-refractivity contribution in [3.63, 3.8) is 0 Å². The number of para-hydroxylation sites is 1. The lowest BCUT2D eigenvalue weighted by molar-refractivity contribution is -0.157. The molecule has 1 unspecified atom stereocenters. The van der Waals surface area contributed by atoms with E-state index in [0.717, 1.165) is 41.2 Å². The van der Waals surface area contributed by atoms with Gasteiger partial charge in [0.05, 0.1) is 0 Å². The number of carbonyl (C=O) groups is 1. The van der Waals surface area contributed by atoms with Crippen molar-refractivity contribution in [2.75, 3.05) is 13.2 Å². The zero-order valence-corrected chi connectivity index (χ0v) is 20.3. The molecule has 1 aliphatic rings. The van der Waals surface area contributed by atoms with Gasteiger partial charge in [0.25, 0.3) is 0 Å². The molecular formula is C29H32O6. The third kappa shape index (κ3) is 5.88. The first-order valence-corrected chi connectivity index (χ1v) is 12.2. The number of hydrogen-bond donors (Lipinski definition) is 1. The molecule has 184 valence electrons. The van der Waals surface area contributed by atoms with Crippen molar-refractivity contribution in [1.29, 1.82) is 0 Å². The molecule has 0 fully saturated rings. The summed E-state index contributed by atoms with van der Waals surface area (Å²) in [6.45, 7) is 4.70. The first kappa shape index (κ1) is 24.5. The summed E-state index contributed by atoms with van der Waals surface area (Å²) in [5.74, 6) is 2.68. The SMILES string of the molecule is CCCc1cc(Oc2ccccc2)ccc1OCCOc1ccc2c(c1)OC(CC)(C(=O)O)CC2. The molecule has 0 aliphatic carbocycles. The van der Waals surface area contributed by atoms with Crippen molar-refractivity contribution >= 4 is 5.97 Å². The highest BCUT2D eigenvalue weighted by atomic mass is 16.5. The summed E-state index contributed by atoms with van der Waals surface area (Å²) in [5, 5.41) is 9.64. The van der Waals surface area contributed by atoms with E-state index in [1.165, 1.54) is 0 Å². The summed E-state index contributed by atoms with van der Waals surface area (Å²) in [4.78, 5) is 11.8. The van der Waals surface area contributed by atoms with Gasteiger partial charge in [0, 0.05) is 12.5 Å². The van der Waals surface area contributed by atoms with E-state index in [2.05, 4.69) is 6.92 Å². The minimum Gasteiger partial charge on any atom is -0.490 e. The van der Waals surface area contributed by atoms with Crippen molar-refractivity contribution in [2.24, 2.45) is 0 Å². The summed E-state index contributed by atoms with van der Waals surface area (Å²) in [7, 11) is 0. The zero-order chi connectivity index (χ0) is 24.7. The van der Waals surface area contributed by atoms with E-state index < -0.39 is 11.6 Å². The van der Waals surface area contributed by atoms with Gasteiger partial charge in [-0.1, -0.05) is 44.5 Å². The summed E-state index contributed by atoms with van der Waals surface area (Å²) >= 11 is 0. The van der Waals surface area contributed by atoms with Gasteiger partial charge in [-0.05, 0) is 66.8 Å². The van der Waals surface area contributed by atoms with E-state index in [1.807, 2.05) is 67.6 Å². The average molecular weight is 477 g/mol. The van der Waals surface area contributed by atoms with Crippen LogP contribution in [-0.4, -0.2) is 29.9 Å². The number of hydrogen-bond acceptors (Lipinski definition) is 5. The molecule has 0 saturated heterocycles. The highest BCUT2D eigenvalue weighted by Gasteiger charge is 2.42. The van der Waals surface area contributed by atoms with E-state index in [1.54, 1.807) is 6.07 Å². The fraction of sp³-hybridized carbons (Fsp3) is 0.345. The summed E-state index contributed by atoms with van der Waals surface area (Å²) in [5.41, 5.74) is 0.925. The quantitative estimate of drug-likeness (QED) is 0.321. The predicted molar refractivity (Wildman–Crippen MR) is 134 cm³/mol. The molecule has 0 radical (unpaired) electrons. The van der Waals surface area contributed by atoms with Crippen LogP contribution < -0.4 is 18.9 Å². The van der Waals surface area contributed by atoms with Crippen LogP contribution in [0, 0.1) is 0 Å². The van der Waals surface area contributed by atoms with Gasteiger partial charge in [0.1, 0.15) is 42.0 Å². The minimum absolute atomic E-state index is 0.352. The molecule has 3 aromatic carbocycles. The average Bonchev–Trinajstić information content (AvgIpc) is 2.88. The molecule has 6 heteroatoms. The molecule has 4 rings (SSSR count). The maximum Gasteiger partial charge on any atom is 0.348 e. The number of carboxylic acid groups (broad SMARTS) is 1. The maximum absolute atomic E-state index is 11.8. The molecule has 0 bridgehead atoms. The van der Waals surface area contributed by atoms with Gasteiger partial charge < -0.3 is 24.1 Å². The highest BCUT2D eigenvalue weighted by molar-refractivity contribution is 5.78. The van der Waals surface area contributed by atoms with Gasteiger partial charge in [0.15, 0.2) is 0 Å². The molecule has 0 amide bonds. The third-order valence-corrected chi connectivity index (χ3v) is 6.24. The molecule has 0 spiro atoms. The number of rotatable bonds is 11. The minimum atomic E-state index is -1.17. The lowest BCUT2D eigenvalue weighted by Crippen LogP contribution is -2.46. The summed E-state index contributed by atoms with van der Waals surface area (Å²) in [6.07, 6.45) is 3.42. The number of carboxylic acids is 1. The van der Waals surface area contributed by atoms with Crippen LogP contribution in [0.15, 0.2) is 66.7 Å². The first-order valence-electron chi connectivity index (χ1n) is 12.2. The fourth-order valence-electron chi connectivity index (χ4n) is 4.24. The van der Waals surface area contributed by atoms with Crippen LogP contribution >= 0.6 is 0 Å². The number of aryl methyl sites for hydroxylation is 2. The van der Waals surface area contributed by atoms with E-state index in [-0.39, 0.29) is 0 Å². The van der Waals surface area contributed by atoms with Crippen LogP contribution in [0.25, 0.3) is 0 Å². The van der Waals surface area contributed by atoms with Crippen molar-refractivity contribution in [3.8, 4) is 28.7 Å². The Bertz CT molecular complexity index is 1140. The number of ether oxygens (including phenoxy) is 4. The van der Waals surface area contributed by atoms with Crippen LogP contribution in [0.4, 0.5) is 0 Å². The number of benzene rings is 3. The Kier molecular flexibility index (Phi) is 7.80. The van der Waals surface area contributed by atoms with Crippen LogP contribution in [0.3, 0.4) is 0 Å². The molecule has 1 atom stereocenters. The maximum atomic E-state index is 11.8. The molecular weight excluding hydrogens is 444 g/mol. The van der Waals surface area contributed by atoms with E-state index in [0.29, 0.717) is 44.0 Å². The second-order valence-electron chi connectivity index (χ2n) is 8.66. The molecule has 35 heavy (non-hydrogen) atoms. The molecule has 6 nitrogen and oxygen atoms in total. The number of aliphatic carboxylic acids is 1. The van der Waals surface area contributed by atoms with Gasteiger partial charge in [-0.3, -0.25) is 0 Å².